The summed E-state index contributed by atoms with van der Waals surface area (Å²) in [4.78, 5) is 37.8. The van der Waals surface area contributed by atoms with Crippen molar-refractivity contribution < 1.29 is 28.3 Å². The molecule has 32 heavy (non-hydrogen) atoms. The fourth-order valence-electron chi connectivity index (χ4n) is 3.20. The third-order valence-electron chi connectivity index (χ3n) is 4.84. The Bertz CT molecular complexity index is 1140. The van der Waals surface area contributed by atoms with E-state index < -0.39 is 23.9 Å². The van der Waals surface area contributed by atoms with E-state index in [0.717, 1.165) is 0 Å². The molecule has 0 unspecified atom stereocenters. The first-order valence-corrected chi connectivity index (χ1v) is 10.6. The van der Waals surface area contributed by atoms with Crippen molar-refractivity contribution in [2.45, 2.75) is 33.4 Å². The first-order chi connectivity index (χ1) is 15.3. The van der Waals surface area contributed by atoms with Gasteiger partial charge in [-0.25, -0.2) is 9.59 Å². The average Bonchev–Trinajstić information content (AvgIpc) is 3.14. The van der Waals surface area contributed by atoms with Gasteiger partial charge in [0.15, 0.2) is 0 Å². The van der Waals surface area contributed by atoms with Crippen molar-refractivity contribution in [3.63, 3.8) is 0 Å². The molecule has 168 valence electrons. The number of hydrogen-bond acceptors (Lipinski definition) is 6. The van der Waals surface area contributed by atoms with Crippen molar-refractivity contribution in [2.24, 2.45) is 5.92 Å². The number of para-hydroxylation sites is 1. The Morgan fingerprint density at radius 1 is 1.03 bits per heavy atom. The van der Waals surface area contributed by atoms with Crippen LogP contribution in [0.3, 0.4) is 0 Å². The summed E-state index contributed by atoms with van der Waals surface area (Å²) in [5, 5.41) is 3.61. The monoisotopic (exact) mass is 457 g/mol. The topological polar surface area (TPSA) is 94.8 Å². The molecule has 8 heteroatoms. The quantitative estimate of drug-likeness (QED) is 0.490. The Labute approximate surface area is 190 Å². The molecular weight excluding hydrogens is 434 g/mol. The Kier molecular flexibility index (Phi) is 7.53. The van der Waals surface area contributed by atoms with Gasteiger partial charge >= 0.3 is 11.9 Å². The molecule has 1 N–H and O–H groups in total. The van der Waals surface area contributed by atoms with E-state index in [-0.39, 0.29) is 35.5 Å². The second-order valence-electron chi connectivity index (χ2n) is 7.41. The van der Waals surface area contributed by atoms with Gasteiger partial charge in [0, 0.05) is 5.39 Å². The van der Waals surface area contributed by atoms with Crippen molar-refractivity contribution in [1.29, 1.82) is 0 Å². The molecule has 0 aliphatic carbocycles. The van der Waals surface area contributed by atoms with Gasteiger partial charge in [-0.15, -0.1) is 0 Å². The van der Waals surface area contributed by atoms with Crippen molar-refractivity contribution in [3.05, 3.63) is 70.4 Å². The van der Waals surface area contributed by atoms with E-state index in [1.807, 2.05) is 0 Å². The van der Waals surface area contributed by atoms with Gasteiger partial charge in [-0.2, -0.15) is 0 Å². The van der Waals surface area contributed by atoms with E-state index in [1.54, 1.807) is 69.3 Å². The SMILES string of the molecule is CCOC(=O)c1oc2ccccc2c1COC(=O)[C@H](NC(=O)c1ccccc1Cl)C(C)C. The second kappa shape index (κ2) is 10.3. The van der Waals surface area contributed by atoms with Crippen molar-refractivity contribution in [3.8, 4) is 0 Å². The van der Waals surface area contributed by atoms with Gasteiger partial charge < -0.3 is 19.2 Å². The van der Waals surface area contributed by atoms with Crippen LogP contribution in [0, 0.1) is 5.92 Å². The van der Waals surface area contributed by atoms with E-state index in [4.69, 9.17) is 25.5 Å². The third-order valence-corrected chi connectivity index (χ3v) is 5.17. The molecule has 0 saturated carbocycles. The smallest absolute Gasteiger partial charge is 0.374 e. The summed E-state index contributed by atoms with van der Waals surface area (Å²) in [5.41, 5.74) is 1.15. The number of carbonyl (C=O) groups is 3. The zero-order chi connectivity index (χ0) is 23.3. The first-order valence-electron chi connectivity index (χ1n) is 10.2. The number of hydrogen-bond donors (Lipinski definition) is 1. The van der Waals surface area contributed by atoms with Gasteiger partial charge in [-0.1, -0.05) is 55.8 Å². The highest BCUT2D eigenvalue weighted by Gasteiger charge is 2.29. The van der Waals surface area contributed by atoms with Crippen LogP contribution in [0.1, 0.15) is 47.2 Å². The number of esters is 2. The summed E-state index contributed by atoms with van der Waals surface area (Å²) in [7, 11) is 0. The Morgan fingerprint density at radius 2 is 1.72 bits per heavy atom. The highest BCUT2D eigenvalue weighted by Crippen LogP contribution is 2.27. The van der Waals surface area contributed by atoms with E-state index in [2.05, 4.69) is 5.32 Å². The Balaban J connectivity index is 1.79. The number of fused-ring (bicyclic) bond motifs is 1. The third kappa shape index (κ3) is 5.11. The summed E-state index contributed by atoms with van der Waals surface area (Å²) in [6.45, 7) is 5.23. The molecule has 3 rings (SSSR count). The van der Waals surface area contributed by atoms with Crippen LogP contribution >= 0.6 is 11.6 Å². The van der Waals surface area contributed by atoms with Crippen LogP contribution in [-0.2, 0) is 20.9 Å². The normalized spacial score (nSPS) is 11.9. The number of ether oxygens (including phenoxy) is 2. The highest BCUT2D eigenvalue weighted by atomic mass is 35.5. The molecule has 0 bridgehead atoms. The van der Waals surface area contributed by atoms with Crippen LogP contribution in [0.25, 0.3) is 11.0 Å². The van der Waals surface area contributed by atoms with E-state index in [0.29, 0.717) is 16.5 Å². The van der Waals surface area contributed by atoms with Gasteiger partial charge in [0.1, 0.15) is 18.2 Å². The number of halogens is 1. The number of rotatable bonds is 8. The number of carbonyl (C=O) groups excluding carboxylic acids is 3. The van der Waals surface area contributed by atoms with Crippen molar-refractivity contribution in [2.75, 3.05) is 6.61 Å². The maximum atomic E-state index is 12.9. The molecule has 1 atom stereocenters. The van der Waals surface area contributed by atoms with Crippen LogP contribution in [0.15, 0.2) is 52.9 Å². The molecule has 7 nitrogen and oxygen atoms in total. The molecule has 0 aliphatic rings. The van der Waals surface area contributed by atoms with Gasteiger partial charge in [-0.3, -0.25) is 4.79 Å². The standard InChI is InChI=1S/C24H24ClNO6/c1-4-30-24(29)21-17(15-9-6-8-12-19(15)32-21)13-31-23(28)20(14(2)3)26-22(27)16-10-5-7-11-18(16)25/h5-12,14,20H,4,13H2,1-3H3,(H,26,27)/t20-/m1/s1. The molecular formula is C24H24ClNO6. The molecule has 1 amide bonds. The predicted octanol–water partition coefficient (Wildman–Crippen LogP) is 4.76. The van der Waals surface area contributed by atoms with Gasteiger partial charge in [0.2, 0.25) is 5.76 Å². The van der Waals surface area contributed by atoms with Gasteiger partial charge in [0.25, 0.3) is 5.91 Å². The summed E-state index contributed by atoms with van der Waals surface area (Å²) < 4.78 is 16.2. The summed E-state index contributed by atoms with van der Waals surface area (Å²) in [6, 6.07) is 12.7. The van der Waals surface area contributed by atoms with E-state index in [1.165, 1.54) is 0 Å². The molecule has 0 fully saturated rings. The summed E-state index contributed by atoms with van der Waals surface area (Å²) >= 11 is 6.09. The number of nitrogens with one attached hydrogen (secondary N) is 1. The van der Waals surface area contributed by atoms with E-state index >= 15 is 0 Å². The minimum absolute atomic E-state index is 0.0120. The molecule has 0 aliphatic heterocycles. The molecule has 0 spiro atoms. The highest BCUT2D eigenvalue weighted by molar-refractivity contribution is 6.33. The molecule has 2 aromatic carbocycles. The molecule has 0 saturated heterocycles. The number of amides is 1. The van der Waals surface area contributed by atoms with Crippen LogP contribution in [0.2, 0.25) is 5.02 Å². The molecule has 1 heterocycles. The fourth-order valence-corrected chi connectivity index (χ4v) is 3.42. The minimum Gasteiger partial charge on any atom is -0.460 e. The van der Waals surface area contributed by atoms with E-state index in [9.17, 15) is 14.4 Å². The summed E-state index contributed by atoms with van der Waals surface area (Å²) in [5.74, 6) is -2.02. The number of benzene rings is 2. The molecule has 3 aromatic rings. The lowest BCUT2D eigenvalue weighted by atomic mass is 10.0. The first kappa shape index (κ1) is 23.3. The Morgan fingerprint density at radius 3 is 2.41 bits per heavy atom. The summed E-state index contributed by atoms with van der Waals surface area (Å²) in [6.07, 6.45) is 0. The average molecular weight is 458 g/mol. The Hall–Kier alpha value is -3.32. The lowest BCUT2D eigenvalue weighted by Crippen LogP contribution is -2.45. The predicted molar refractivity (Wildman–Crippen MR) is 120 cm³/mol. The molecule has 1 aromatic heterocycles. The fraction of sp³-hybridized carbons (Fsp3) is 0.292. The van der Waals surface area contributed by atoms with Gasteiger partial charge in [0.05, 0.1) is 22.8 Å². The lowest BCUT2D eigenvalue weighted by molar-refractivity contribution is -0.148. The second-order valence-corrected chi connectivity index (χ2v) is 7.82. The molecule has 0 radical (unpaired) electrons. The maximum absolute atomic E-state index is 12.9. The zero-order valence-electron chi connectivity index (χ0n) is 18.0. The minimum atomic E-state index is -0.914. The number of furan rings is 1. The van der Waals surface area contributed by atoms with Crippen molar-refractivity contribution >= 4 is 40.4 Å². The van der Waals surface area contributed by atoms with Gasteiger partial charge in [-0.05, 0) is 31.0 Å². The van der Waals surface area contributed by atoms with Crippen LogP contribution in [0.5, 0.6) is 0 Å². The van der Waals surface area contributed by atoms with Crippen molar-refractivity contribution in [1.82, 2.24) is 5.32 Å². The van der Waals surface area contributed by atoms with Crippen LogP contribution in [0.4, 0.5) is 0 Å². The zero-order valence-corrected chi connectivity index (χ0v) is 18.8. The maximum Gasteiger partial charge on any atom is 0.374 e. The lowest BCUT2D eigenvalue weighted by Gasteiger charge is -2.21. The van der Waals surface area contributed by atoms with Crippen LogP contribution < -0.4 is 5.32 Å². The largest absolute Gasteiger partial charge is 0.460 e. The van der Waals surface area contributed by atoms with Crippen LogP contribution in [-0.4, -0.2) is 30.5 Å².